The van der Waals surface area contributed by atoms with E-state index in [0.29, 0.717) is 6.61 Å². The van der Waals surface area contributed by atoms with Crippen molar-refractivity contribution in [3.05, 3.63) is 59.7 Å². The number of ether oxygens (including phenoxy) is 2. The van der Waals surface area contributed by atoms with Crippen molar-refractivity contribution in [2.24, 2.45) is 0 Å². The number of unbranched alkanes of at least 4 members (excludes halogenated alkanes) is 2. The third-order valence-electron chi connectivity index (χ3n) is 3.70. The molecule has 0 aliphatic carbocycles. The van der Waals surface area contributed by atoms with E-state index < -0.39 is 0 Å². The van der Waals surface area contributed by atoms with Crippen LogP contribution in [0.5, 0.6) is 11.5 Å². The fraction of sp³-hybridized carbons (Fsp3) is 0.400. The van der Waals surface area contributed by atoms with Gasteiger partial charge in [0.2, 0.25) is 0 Å². The number of halogens is 1. The van der Waals surface area contributed by atoms with Gasteiger partial charge in [-0.25, -0.2) is 0 Å². The Morgan fingerprint density at radius 1 is 0.913 bits per heavy atom. The molecule has 23 heavy (non-hydrogen) atoms. The van der Waals surface area contributed by atoms with Gasteiger partial charge in [0.1, 0.15) is 18.1 Å². The van der Waals surface area contributed by atoms with Crippen LogP contribution in [0.2, 0.25) is 0 Å². The predicted octanol–water partition coefficient (Wildman–Crippen LogP) is 5.62. The fourth-order valence-corrected chi connectivity index (χ4v) is 2.54. The van der Waals surface area contributed by atoms with Crippen molar-refractivity contribution >= 4 is 11.6 Å². The van der Waals surface area contributed by atoms with Gasteiger partial charge >= 0.3 is 0 Å². The molecule has 0 N–H and O–H groups in total. The zero-order valence-electron chi connectivity index (χ0n) is 13.8. The molecular weight excluding hydrogens is 308 g/mol. The summed E-state index contributed by atoms with van der Waals surface area (Å²) in [6.07, 6.45) is 4.14. The van der Waals surface area contributed by atoms with Crippen LogP contribution in [0, 0.1) is 0 Å². The van der Waals surface area contributed by atoms with Crippen molar-refractivity contribution in [1.82, 2.24) is 0 Å². The quantitative estimate of drug-likeness (QED) is 0.415. The Bertz CT molecular complexity index is 569. The average Bonchev–Trinajstić information content (AvgIpc) is 2.61. The second-order valence-electron chi connectivity index (χ2n) is 5.50. The Kier molecular flexibility index (Phi) is 7.82. The van der Waals surface area contributed by atoms with Gasteiger partial charge in [0.05, 0.1) is 6.61 Å². The van der Waals surface area contributed by atoms with Crippen LogP contribution in [-0.2, 0) is 13.0 Å². The van der Waals surface area contributed by atoms with Crippen molar-refractivity contribution in [3.8, 4) is 11.5 Å². The van der Waals surface area contributed by atoms with E-state index in [1.807, 2.05) is 30.3 Å². The van der Waals surface area contributed by atoms with Gasteiger partial charge in [-0.05, 0) is 42.9 Å². The van der Waals surface area contributed by atoms with E-state index in [4.69, 9.17) is 21.1 Å². The van der Waals surface area contributed by atoms with Crippen molar-refractivity contribution in [2.45, 2.75) is 39.2 Å². The summed E-state index contributed by atoms with van der Waals surface area (Å²) in [5.41, 5.74) is 2.38. The molecule has 0 unspecified atom stereocenters. The minimum atomic E-state index is 0.571. The summed E-state index contributed by atoms with van der Waals surface area (Å²) in [5, 5.41) is 0. The Hall–Kier alpha value is -1.67. The van der Waals surface area contributed by atoms with Crippen molar-refractivity contribution in [3.63, 3.8) is 0 Å². The molecule has 0 heterocycles. The maximum Gasteiger partial charge on any atom is 0.126 e. The molecule has 3 heteroatoms. The van der Waals surface area contributed by atoms with Gasteiger partial charge in [-0.2, -0.15) is 0 Å². The molecule has 0 radical (unpaired) electrons. The highest BCUT2D eigenvalue weighted by Gasteiger charge is 2.05. The highest BCUT2D eigenvalue weighted by atomic mass is 35.5. The maximum absolute atomic E-state index is 5.94. The zero-order chi connectivity index (χ0) is 16.3. The molecule has 0 amide bonds. The van der Waals surface area contributed by atoms with E-state index in [0.717, 1.165) is 55.2 Å². The first kappa shape index (κ1) is 17.7. The molecule has 2 aromatic carbocycles. The Balaban J connectivity index is 1.91. The summed E-state index contributed by atoms with van der Waals surface area (Å²) in [6.45, 7) is 3.44. The second-order valence-corrected chi connectivity index (χ2v) is 5.87. The SMILES string of the molecule is CCc1ccc(OCc2ccccc2)cc1OCCCCCCl. The molecule has 0 fully saturated rings. The molecule has 0 saturated carbocycles. The second kappa shape index (κ2) is 10.2. The highest BCUT2D eigenvalue weighted by Crippen LogP contribution is 2.26. The van der Waals surface area contributed by atoms with Crippen LogP contribution in [0.1, 0.15) is 37.3 Å². The van der Waals surface area contributed by atoms with Crippen molar-refractivity contribution < 1.29 is 9.47 Å². The van der Waals surface area contributed by atoms with Crippen LogP contribution in [0.4, 0.5) is 0 Å². The summed E-state index contributed by atoms with van der Waals surface area (Å²) in [6, 6.07) is 16.3. The van der Waals surface area contributed by atoms with E-state index in [2.05, 4.69) is 25.1 Å². The zero-order valence-corrected chi connectivity index (χ0v) is 14.5. The summed E-state index contributed by atoms with van der Waals surface area (Å²) < 4.78 is 11.8. The molecule has 124 valence electrons. The van der Waals surface area contributed by atoms with E-state index in [9.17, 15) is 0 Å². The van der Waals surface area contributed by atoms with Gasteiger partial charge in [0.25, 0.3) is 0 Å². The summed E-state index contributed by atoms with van der Waals surface area (Å²) in [4.78, 5) is 0. The van der Waals surface area contributed by atoms with E-state index in [1.165, 1.54) is 5.56 Å². The summed E-state index contributed by atoms with van der Waals surface area (Å²) in [5.74, 6) is 2.51. The topological polar surface area (TPSA) is 18.5 Å². The lowest BCUT2D eigenvalue weighted by atomic mass is 10.1. The molecule has 0 aromatic heterocycles. The molecular formula is C20H25ClO2. The van der Waals surface area contributed by atoms with Crippen molar-refractivity contribution in [2.75, 3.05) is 12.5 Å². The average molecular weight is 333 g/mol. The standard InChI is InChI=1S/C20H25ClO2/c1-2-18-11-12-19(23-16-17-9-5-3-6-10-17)15-20(18)22-14-8-4-7-13-21/h3,5-6,9-12,15H,2,4,7-8,13-14,16H2,1H3. The molecule has 0 saturated heterocycles. The monoisotopic (exact) mass is 332 g/mol. The van der Waals surface area contributed by atoms with Crippen LogP contribution in [0.3, 0.4) is 0 Å². The first-order chi connectivity index (χ1) is 11.3. The van der Waals surface area contributed by atoms with Crippen LogP contribution in [0.25, 0.3) is 0 Å². The molecule has 2 nitrogen and oxygen atoms in total. The maximum atomic E-state index is 5.94. The van der Waals surface area contributed by atoms with Crippen LogP contribution >= 0.6 is 11.6 Å². The number of hydrogen-bond donors (Lipinski definition) is 0. The molecule has 0 aliphatic rings. The first-order valence-corrected chi connectivity index (χ1v) is 8.85. The highest BCUT2D eigenvalue weighted by molar-refractivity contribution is 6.17. The summed E-state index contributed by atoms with van der Waals surface area (Å²) in [7, 11) is 0. The van der Waals surface area contributed by atoms with Crippen LogP contribution in [-0.4, -0.2) is 12.5 Å². The lowest BCUT2D eigenvalue weighted by molar-refractivity contribution is 0.289. The smallest absolute Gasteiger partial charge is 0.126 e. The lowest BCUT2D eigenvalue weighted by Gasteiger charge is -2.13. The van der Waals surface area contributed by atoms with Gasteiger partial charge in [0.15, 0.2) is 0 Å². The molecule has 2 aromatic rings. The lowest BCUT2D eigenvalue weighted by Crippen LogP contribution is -2.01. The van der Waals surface area contributed by atoms with E-state index >= 15 is 0 Å². The van der Waals surface area contributed by atoms with E-state index in [1.54, 1.807) is 0 Å². The Morgan fingerprint density at radius 3 is 2.48 bits per heavy atom. The normalized spacial score (nSPS) is 10.5. The van der Waals surface area contributed by atoms with E-state index in [-0.39, 0.29) is 0 Å². The van der Waals surface area contributed by atoms with Gasteiger partial charge in [-0.3, -0.25) is 0 Å². The molecule has 0 atom stereocenters. The van der Waals surface area contributed by atoms with Gasteiger partial charge < -0.3 is 9.47 Å². The molecule has 0 aliphatic heterocycles. The van der Waals surface area contributed by atoms with Crippen LogP contribution in [0.15, 0.2) is 48.5 Å². The minimum absolute atomic E-state index is 0.571. The van der Waals surface area contributed by atoms with Gasteiger partial charge in [-0.1, -0.05) is 43.3 Å². The number of hydrogen-bond acceptors (Lipinski definition) is 2. The first-order valence-electron chi connectivity index (χ1n) is 8.32. The Morgan fingerprint density at radius 2 is 1.74 bits per heavy atom. The number of rotatable bonds is 10. The molecule has 0 spiro atoms. The Labute approximate surface area is 144 Å². The number of benzene rings is 2. The predicted molar refractivity (Wildman–Crippen MR) is 96.7 cm³/mol. The number of alkyl halides is 1. The third kappa shape index (κ3) is 6.15. The van der Waals surface area contributed by atoms with Gasteiger partial charge in [-0.15, -0.1) is 11.6 Å². The molecule has 0 bridgehead atoms. The van der Waals surface area contributed by atoms with Gasteiger partial charge in [0, 0.05) is 11.9 Å². The largest absolute Gasteiger partial charge is 0.493 e. The van der Waals surface area contributed by atoms with Crippen LogP contribution < -0.4 is 9.47 Å². The molecule has 2 rings (SSSR count). The number of aryl methyl sites for hydroxylation is 1. The van der Waals surface area contributed by atoms with Crippen molar-refractivity contribution in [1.29, 1.82) is 0 Å². The minimum Gasteiger partial charge on any atom is -0.493 e. The summed E-state index contributed by atoms with van der Waals surface area (Å²) >= 11 is 5.69. The third-order valence-corrected chi connectivity index (χ3v) is 3.97. The fourth-order valence-electron chi connectivity index (χ4n) is 2.35.